The van der Waals surface area contributed by atoms with E-state index < -0.39 is 0 Å². The Hall–Kier alpha value is -1.69. The molecule has 1 atom stereocenters. The van der Waals surface area contributed by atoms with E-state index in [-0.39, 0.29) is 0 Å². The minimum Gasteiger partial charge on any atom is -0.368 e. The molecular weight excluding hydrogens is 290 g/mol. The smallest absolute Gasteiger partial charge is 0.224 e. The number of rotatable bonds is 3. The van der Waals surface area contributed by atoms with E-state index in [4.69, 9.17) is 5.73 Å². The Kier molecular flexibility index (Phi) is 5.10. The van der Waals surface area contributed by atoms with E-state index in [1.807, 2.05) is 11.0 Å². The minimum atomic E-state index is 0.310. The van der Waals surface area contributed by atoms with Crippen LogP contribution in [0.25, 0.3) is 0 Å². The molecule has 0 radical (unpaired) electrons. The monoisotopic (exact) mass is 317 g/mol. The lowest BCUT2D eigenvalue weighted by Gasteiger charge is -2.36. The van der Waals surface area contributed by atoms with Crippen LogP contribution in [-0.4, -0.2) is 58.4 Å². The number of nitrogens with two attached hydrogens (primary N) is 1. The van der Waals surface area contributed by atoms with Crippen LogP contribution >= 0.6 is 0 Å². The highest BCUT2D eigenvalue weighted by Gasteiger charge is 2.28. The van der Waals surface area contributed by atoms with Gasteiger partial charge < -0.3 is 15.5 Å². The summed E-state index contributed by atoms with van der Waals surface area (Å²) < 4.78 is 0. The van der Waals surface area contributed by atoms with Gasteiger partial charge in [-0.3, -0.25) is 4.79 Å². The van der Waals surface area contributed by atoms with Crippen molar-refractivity contribution in [3.05, 3.63) is 18.0 Å². The topological polar surface area (TPSA) is 75.4 Å². The second kappa shape index (κ2) is 7.25. The number of piperidine rings is 2. The van der Waals surface area contributed by atoms with Gasteiger partial charge >= 0.3 is 0 Å². The van der Waals surface area contributed by atoms with Crippen LogP contribution in [0, 0.1) is 0 Å². The largest absolute Gasteiger partial charge is 0.368 e. The molecule has 2 fully saturated rings. The fourth-order valence-electron chi connectivity index (χ4n) is 3.77. The number of carbonyl (C=O) groups is 1. The molecule has 0 aliphatic carbocycles. The molecule has 1 aromatic heterocycles. The van der Waals surface area contributed by atoms with Crippen molar-refractivity contribution < 1.29 is 4.79 Å². The summed E-state index contributed by atoms with van der Waals surface area (Å²) in [7, 11) is 2.14. The Bertz CT molecular complexity index is 542. The van der Waals surface area contributed by atoms with Crippen molar-refractivity contribution in [1.29, 1.82) is 0 Å². The second-order valence-electron chi connectivity index (χ2n) is 6.83. The summed E-state index contributed by atoms with van der Waals surface area (Å²) in [5.41, 5.74) is 6.68. The average molecular weight is 317 g/mol. The molecule has 1 amide bonds. The fraction of sp³-hybridized carbons (Fsp3) is 0.706. The SMILES string of the molecule is CN1CCCC[C@H]1CC(=O)N1CCC(c2ccnc(N)n2)CC1. The zero-order chi connectivity index (χ0) is 16.2. The number of hydrogen-bond acceptors (Lipinski definition) is 5. The van der Waals surface area contributed by atoms with Crippen LogP contribution in [-0.2, 0) is 4.79 Å². The van der Waals surface area contributed by atoms with Gasteiger partial charge in [0.05, 0.1) is 0 Å². The molecule has 0 bridgehead atoms. The Balaban J connectivity index is 1.51. The number of anilines is 1. The summed E-state index contributed by atoms with van der Waals surface area (Å²) in [4.78, 5) is 25.2. The highest BCUT2D eigenvalue weighted by Crippen LogP contribution is 2.27. The standard InChI is InChI=1S/C17H27N5O/c1-21-9-3-2-4-14(21)12-16(23)22-10-6-13(7-11-22)15-5-8-19-17(18)20-15/h5,8,13-14H,2-4,6-7,9-12H2,1H3,(H2,18,19,20)/t14-/m0/s1. The lowest BCUT2D eigenvalue weighted by molar-refractivity contribution is -0.133. The first-order valence-electron chi connectivity index (χ1n) is 8.70. The number of carbonyl (C=O) groups excluding carboxylic acids is 1. The van der Waals surface area contributed by atoms with Gasteiger partial charge in [0.2, 0.25) is 11.9 Å². The van der Waals surface area contributed by atoms with Gasteiger partial charge in [-0.15, -0.1) is 0 Å². The Morgan fingerprint density at radius 1 is 1.26 bits per heavy atom. The van der Waals surface area contributed by atoms with Crippen LogP contribution in [0.4, 0.5) is 5.95 Å². The van der Waals surface area contributed by atoms with Crippen LogP contribution in [0.5, 0.6) is 0 Å². The summed E-state index contributed by atoms with van der Waals surface area (Å²) in [6, 6.07) is 2.37. The maximum absolute atomic E-state index is 12.6. The van der Waals surface area contributed by atoms with Crippen molar-refractivity contribution in [2.75, 3.05) is 32.4 Å². The van der Waals surface area contributed by atoms with Crippen molar-refractivity contribution in [2.45, 2.75) is 50.5 Å². The van der Waals surface area contributed by atoms with E-state index in [2.05, 4.69) is 21.9 Å². The molecule has 6 heteroatoms. The summed E-state index contributed by atoms with van der Waals surface area (Å²) in [5.74, 6) is 1.03. The molecule has 2 aliphatic heterocycles. The van der Waals surface area contributed by atoms with Gasteiger partial charge in [0, 0.05) is 43.4 Å². The van der Waals surface area contributed by atoms with Crippen molar-refractivity contribution >= 4 is 11.9 Å². The third-order valence-corrected chi connectivity index (χ3v) is 5.29. The zero-order valence-electron chi connectivity index (χ0n) is 13.9. The molecule has 2 N–H and O–H groups in total. The van der Waals surface area contributed by atoms with E-state index in [0.29, 0.717) is 30.2 Å². The van der Waals surface area contributed by atoms with Crippen LogP contribution in [0.3, 0.4) is 0 Å². The highest BCUT2D eigenvalue weighted by atomic mass is 16.2. The molecule has 0 spiro atoms. The van der Waals surface area contributed by atoms with E-state index in [0.717, 1.165) is 44.6 Å². The van der Waals surface area contributed by atoms with E-state index in [9.17, 15) is 4.79 Å². The summed E-state index contributed by atoms with van der Waals surface area (Å²) in [5, 5.41) is 0. The highest BCUT2D eigenvalue weighted by molar-refractivity contribution is 5.77. The molecule has 0 aromatic carbocycles. The van der Waals surface area contributed by atoms with Crippen LogP contribution in [0.15, 0.2) is 12.3 Å². The van der Waals surface area contributed by atoms with E-state index in [1.165, 1.54) is 12.8 Å². The van der Waals surface area contributed by atoms with Gasteiger partial charge in [-0.25, -0.2) is 9.97 Å². The number of hydrogen-bond donors (Lipinski definition) is 1. The first-order chi connectivity index (χ1) is 11.1. The molecule has 3 heterocycles. The molecule has 0 unspecified atom stereocenters. The Morgan fingerprint density at radius 2 is 2.04 bits per heavy atom. The van der Waals surface area contributed by atoms with Gasteiger partial charge in [-0.1, -0.05) is 6.42 Å². The van der Waals surface area contributed by atoms with Gasteiger partial charge in [0.1, 0.15) is 0 Å². The molecule has 6 nitrogen and oxygen atoms in total. The van der Waals surface area contributed by atoms with E-state index in [1.54, 1.807) is 6.20 Å². The summed E-state index contributed by atoms with van der Waals surface area (Å²) >= 11 is 0. The minimum absolute atomic E-state index is 0.310. The predicted molar refractivity (Wildman–Crippen MR) is 89.9 cm³/mol. The number of amides is 1. The zero-order valence-corrected chi connectivity index (χ0v) is 13.9. The van der Waals surface area contributed by atoms with Crippen molar-refractivity contribution in [3.8, 4) is 0 Å². The van der Waals surface area contributed by atoms with Gasteiger partial charge in [-0.2, -0.15) is 0 Å². The molecule has 2 saturated heterocycles. The molecule has 1 aromatic rings. The molecule has 2 aliphatic rings. The van der Waals surface area contributed by atoms with Gasteiger partial charge in [-0.05, 0) is 45.3 Å². The number of aromatic nitrogens is 2. The van der Waals surface area contributed by atoms with Crippen molar-refractivity contribution in [1.82, 2.24) is 19.8 Å². The first kappa shape index (κ1) is 16.2. The summed E-state index contributed by atoms with van der Waals surface area (Å²) in [6.07, 6.45) is 7.97. The maximum Gasteiger partial charge on any atom is 0.224 e. The number of likely N-dealkylation sites (tertiary alicyclic amines) is 2. The predicted octanol–water partition coefficient (Wildman–Crippen LogP) is 1.64. The number of nitrogen functional groups attached to an aromatic ring is 1. The lowest BCUT2D eigenvalue weighted by Crippen LogP contribution is -2.43. The third kappa shape index (κ3) is 3.99. The van der Waals surface area contributed by atoms with Crippen LogP contribution < -0.4 is 5.73 Å². The average Bonchev–Trinajstić information content (AvgIpc) is 2.57. The quantitative estimate of drug-likeness (QED) is 0.917. The second-order valence-corrected chi connectivity index (χ2v) is 6.83. The molecular formula is C17H27N5O. The van der Waals surface area contributed by atoms with Crippen LogP contribution in [0.1, 0.15) is 50.1 Å². The van der Waals surface area contributed by atoms with E-state index >= 15 is 0 Å². The Labute approximate surface area is 138 Å². The van der Waals surface area contributed by atoms with Crippen molar-refractivity contribution in [3.63, 3.8) is 0 Å². The fourth-order valence-corrected chi connectivity index (χ4v) is 3.77. The maximum atomic E-state index is 12.6. The van der Waals surface area contributed by atoms with Crippen molar-refractivity contribution in [2.24, 2.45) is 0 Å². The first-order valence-corrected chi connectivity index (χ1v) is 8.70. The van der Waals surface area contributed by atoms with Gasteiger partial charge in [0.25, 0.3) is 0 Å². The summed E-state index contributed by atoms with van der Waals surface area (Å²) in [6.45, 7) is 2.77. The lowest BCUT2D eigenvalue weighted by atomic mass is 9.92. The van der Waals surface area contributed by atoms with Gasteiger partial charge in [0.15, 0.2) is 0 Å². The molecule has 0 saturated carbocycles. The third-order valence-electron chi connectivity index (χ3n) is 5.29. The number of nitrogens with zero attached hydrogens (tertiary/aromatic N) is 4. The Morgan fingerprint density at radius 3 is 2.74 bits per heavy atom. The molecule has 3 rings (SSSR count). The molecule has 126 valence electrons. The molecule has 23 heavy (non-hydrogen) atoms. The normalized spacial score (nSPS) is 23.9. The van der Waals surface area contributed by atoms with Crippen LogP contribution in [0.2, 0.25) is 0 Å².